The van der Waals surface area contributed by atoms with Gasteiger partial charge in [-0.3, -0.25) is 14.5 Å². The normalized spacial score (nSPS) is 18.8. The highest BCUT2D eigenvalue weighted by molar-refractivity contribution is 7.14. The predicted octanol–water partition coefficient (Wildman–Crippen LogP) is 2.08. The number of hydrogen-bond donors (Lipinski definition) is 2. The second-order valence-corrected chi connectivity index (χ2v) is 7.07. The predicted molar refractivity (Wildman–Crippen MR) is 98.3 cm³/mol. The van der Waals surface area contributed by atoms with E-state index in [2.05, 4.69) is 15.4 Å². The molecule has 146 valence electrons. The van der Waals surface area contributed by atoms with Gasteiger partial charge in [0, 0.05) is 0 Å². The van der Waals surface area contributed by atoms with Crippen molar-refractivity contribution in [1.82, 2.24) is 10.2 Å². The van der Waals surface area contributed by atoms with Crippen LogP contribution in [0.25, 0.3) is 0 Å². The number of ether oxygens (including phenoxy) is 1. The number of nitrogens with one attached hydrogen (secondary N) is 2. The zero-order valence-electron chi connectivity index (χ0n) is 14.9. The van der Waals surface area contributed by atoms with Crippen molar-refractivity contribution in [2.75, 3.05) is 19.0 Å². The molecule has 1 aromatic carbocycles. The second kappa shape index (κ2) is 7.39. The topological polar surface area (TPSA) is 105 Å². The van der Waals surface area contributed by atoms with Gasteiger partial charge in [0.15, 0.2) is 0 Å². The summed E-state index contributed by atoms with van der Waals surface area (Å²) in [5, 5.41) is 6.89. The average Bonchev–Trinajstić information content (AvgIpc) is 3.20. The minimum Gasteiger partial charge on any atom is -0.465 e. The lowest BCUT2D eigenvalue weighted by molar-refractivity contribution is -0.133. The number of esters is 1. The number of benzene rings is 1. The van der Waals surface area contributed by atoms with E-state index < -0.39 is 41.7 Å². The molecule has 1 aromatic heterocycles. The van der Waals surface area contributed by atoms with Crippen LogP contribution in [0.1, 0.15) is 22.8 Å². The highest BCUT2D eigenvalue weighted by Crippen LogP contribution is 2.29. The first-order valence-electron chi connectivity index (χ1n) is 8.12. The summed E-state index contributed by atoms with van der Waals surface area (Å²) in [5.41, 5.74) is -0.846. The maximum atomic E-state index is 13.1. The first-order valence-corrected chi connectivity index (χ1v) is 9.00. The van der Waals surface area contributed by atoms with Crippen molar-refractivity contribution in [2.24, 2.45) is 0 Å². The second-order valence-electron chi connectivity index (χ2n) is 6.16. The number of rotatable bonds is 5. The average molecular weight is 405 g/mol. The number of imide groups is 1. The smallest absolute Gasteiger partial charge is 0.340 e. The van der Waals surface area contributed by atoms with Crippen molar-refractivity contribution in [3.63, 3.8) is 0 Å². The molecule has 1 atom stereocenters. The summed E-state index contributed by atoms with van der Waals surface area (Å²) in [7, 11) is 1.22. The summed E-state index contributed by atoms with van der Waals surface area (Å²) in [6, 6.07) is 5.90. The molecule has 0 aliphatic carbocycles. The number of anilines is 1. The van der Waals surface area contributed by atoms with E-state index in [1.807, 2.05) is 0 Å². The van der Waals surface area contributed by atoms with Crippen LogP contribution in [0.3, 0.4) is 0 Å². The van der Waals surface area contributed by atoms with E-state index in [0.717, 1.165) is 16.2 Å². The Labute approximate surface area is 163 Å². The minimum atomic E-state index is -1.41. The Hall–Kier alpha value is -3.27. The SMILES string of the molecule is COC(=O)c1ccsc1NC(=O)CN1C(=O)N[C@@](C)(c2ccc(F)cc2)C1=O. The fourth-order valence-corrected chi connectivity index (χ4v) is 3.60. The van der Waals surface area contributed by atoms with Crippen molar-refractivity contribution in [1.29, 1.82) is 0 Å². The van der Waals surface area contributed by atoms with Crippen LogP contribution in [0, 0.1) is 5.82 Å². The summed E-state index contributed by atoms with van der Waals surface area (Å²) >= 11 is 1.11. The van der Waals surface area contributed by atoms with Crippen LogP contribution in [0.2, 0.25) is 0 Å². The van der Waals surface area contributed by atoms with Crippen LogP contribution < -0.4 is 10.6 Å². The lowest BCUT2D eigenvalue weighted by Crippen LogP contribution is -2.42. The quantitative estimate of drug-likeness (QED) is 0.585. The number of carbonyl (C=O) groups excluding carboxylic acids is 4. The summed E-state index contributed by atoms with van der Waals surface area (Å²) in [6.07, 6.45) is 0. The van der Waals surface area contributed by atoms with E-state index >= 15 is 0 Å². The lowest BCUT2D eigenvalue weighted by atomic mass is 9.92. The van der Waals surface area contributed by atoms with Crippen molar-refractivity contribution in [2.45, 2.75) is 12.5 Å². The monoisotopic (exact) mass is 405 g/mol. The molecular formula is C18H16FN3O5S. The molecular weight excluding hydrogens is 389 g/mol. The minimum absolute atomic E-state index is 0.175. The summed E-state index contributed by atoms with van der Waals surface area (Å²) in [6.45, 7) is 0.937. The lowest BCUT2D eigenvalue weighted by Gasteiger charge is -2.22. The molecule has 0 spiro atoms. The molecule has 2 heterocycles. The Morgan fingerprint density at radius 2 is 1.93 bits per heavy atom. The van der Waals surface area contributed by atoms with E-state index in [1.54, 1.807) is 5.38 Å². The van der Waals surface area contributed by atoms with Crippen LogP contribution in [0.15, 0.2) is 35.7 Å². The van der Waals surface area contributed by atoms with Crippen LogP contribution in [0.4, 0.5) is 14.2 Å². The van der Waals surface area contributed by atoms with Gasteiger partial charge in [0.2, 0.25) is 5.91 Å². The molecule has 1 aliphatic heterocycles. The third-order valence-electron chi connectivity index (χ3n) is 4.32. The molecule has 2 aromatic rings. The van der Waals surface area contributed by atoms with Crippen LogP contribution in [-0.2, 0) is 19.9 Å². The van der Waals surface area contributed by atoms with Crippen LogP contribution in [-0.4, -0.2) is 42.4 Å². The number of nitrogens with zero attached hydrogens (tertiary/aromatic N) is 1. The zero-order chi connectivity index (χ0) is 20.5. The molecule has 0 unspecified atom stereocenters. The van der Waals surface area contributed by atoms with Gasteiger partial charge in [-0.25, -0.2) is 14.0 Å². The van der Waals surface area contributed by atoms with E-state index in [4.69, 9.17) is 0 Å². The fraction of sp³-hybridized carbons (Fsp3) is 0.222. The Morgan fingerprint density at radius 1 is 1.25 bits per heavy atom. The Kier molecular flexibility index (Phi) is 5.14. The molecule has 0 radical (unpaired) electrons. The highest BCUT2D eigenvalue weighted by atomic mass is 32.1. The van der Waals surface area contributed by atoms with Crippen molar-refractivity contribution >= 4 is 40.2 Å². The number of thiophene rings is 1. The standard InChI is InChI=1S/C18H16FN3O5S/c1-18(10-3-5-11(19)6-4-10)16(25)22(17(26)21-18)9-13(23)20-14-12(7-8-28-14)15(24)27-2/h3-8H,9H2,1-2H3,(H,20,23)(H,21,26)/t18-/m0/s1. The maximum Gasteiger partial charge on any atom is 0.340 e. The number of urea groups is 1. The molecule has 2 N–H and O–H groups in total. The van der Waals surface area contributed by atoms with Crippen molar-refractivity contribution < 1.29 is 28.3 Å². The molecule has 10 heteroatoms. The van der Waals surface area contributed by atoms with Gasteiger partial charge in [-0.15, -0.1) is 11.3 Å². The third kappa shape index (κ3) is 3.46. The van der Waals surface area contributed by atoms with E-state index in [0.29, 0.717) is 5.56 Å². The molecule has 1 aliphatic rings. The van der Waals surface area contributed by atoms with Crippen molar-refractivity contribution in [3.05, 3.63) is 52.7 Å². The molecule has 3 rings (SSSR count). The zero-order valence-corrected chi connectivity index (χ0v) is 15.8. The van der Waals surface area contributed by atoms with Gasteiger partial charge in [-0.1, -0.05) is 12.1 Å². The van der Waals surface area contributed by atoms with E-state index in [9.17, 15) is 23.6 Å². The Morgan fingerprint density at radius 3 is 2.57 bits per heavy atom. The van der Waals surface area contributed by atoms with Gasteiger partial charge in [0.25, 0.3) is 5.91 Å². The van der Waals surface area contributed by atoms with Gasteiger partial charge in [0.1, 0.15) is 22.9 Å². The number of carbonyl (C=O) groups is 4. The molecule has 4 amide bonds. The summed E-state index contributed by atoms with van der Waals surface area (Å²) in [5.74, 6) is -2.38. The molecule has 0 saturated carbocycles. The molecule has 1 fully saturated rings. The summed E-state index contributed by atoms with van der Waals surface area (Å²) in [4.78, 5) is 49.8. The maximum absolute atomic E-state index is 13.1. The first-order chi connectivity index (χ1) is 13.3. The third-order valence-corrected chi connectivity index (χ3v) is 5.15. The highest BCUT2D eigenvalue weighted by Gasteiger charge is 2.49. The number of methoxy groups -OCH3 is 1. The molecule has 0 bridgehead atoms. The Balaban J connectivity index is 1.74. The number of amides is 4. The van der Waals surface area contributed by atoms with E-state index in [-0.39, 0.29) is 10.6 Å². The van der Waals surface area contributed by atoms with Gasteiger partial charge < -0.3 is 15.4 Å². The van der Waals surface area contributed by atoms with Gasteiger partial charge in [-0.05, 0) is 36.1 Å². The van der Waals surface area contributed by atoms with Crippen LogP contribution in [0.5, 0.6) is 0 Å². The summed E-state index contributed by atoms with van der Waals surface area (Å²) < 4.78 is 17.8. The molecule has 28 heavy (non-hydrogen) atoms. The largest absolute Gasteiger partial charge is 0.465 e. The number of hydrogen-bond acceptors (Lipinski definition) is 6. The Bertz CT molecular complexity index is 958. The van der Waals surface area contributed by atoms with Crippen LogP contribution >= 0.6 is 11.3 Å². The van der Waals surface area contributed by atoms with Gasteiger partial charge >= 0.3 is 12.0 Å². The number of halogens is 1. The van der Waals surface area contributed by atoms with Crippen molar-refractivity contribution in [3.8, 4) is 0 Å². The van der Waals surface area contributed by atoms with Gasteiger partial charge in [-0.2, -0.15) is 0 Å². The van der Waals surface area contributed by atoms with Gasteiger partial charge in [0.05, 0.1) is 12.7 Å². The molecule has 1 saturated heterocycles. The first kappa shape index (κ1) is 19.5. The molecule has 8 nitrogen and oxygen atoms in total. The fourth-order valence-electron chi connectivity index (χ4n) is 2.81. The van der Waals surface area contributed by atoms with E-state index in [1.165, 1.54) is 44.4 Å².